The van der Waals surface area contributed by atoms with Gasteiger partial charge in [-0.2, -0.15) is 0 Å². The second kappa shape index (κ2) is 6.59. The summed E-state index contributed by atoms with van der Waals surface area (Å²) < 4.78 is 6.67. The van der Waals surface area contributed by atoms with Gasteiger partial charge in [0.25, 0.3) is 0 Å². The maximum atomic E-state index is 12.2. The second-order valence-corrected chi connectivity index (χ2v) is 8.43. The van der Waals surface area contributed by atoms with Gasteiger partial charge in [0.15, 0.2) is 5.13 Å². The van der Waals surface area contributed by atoms with E-state index in [1.807, 2.05) is 43.9 Å². The SMILES string of the molecule is CN(CC1CCN(C(=O)OC(C)(C)C)C1)c1nc2ccccc2s1. The van der Waals surface area contributed by atoms with Crippen LogP contribution in [-0.4, -0.2) is 48.3 Å². The molecule has 0 saturated carbocycles. The first-order valence-electron chi connectivity index (χ1n) is 8.36. The summed E-state index contributed by atoms with van der Waals surface area (Å²) in [6.07, 6.45) is 0.807. The molecule has 6 heteroatoms. The average Bonchev–Trinajstić information content (AvgIpc) is 3.11. The van der Waals surface area contributed by atoms with Crippen molar-refractivity contribution in [3.05, 3.63) is 24.3 Å². The molecule has 1 atom stereocenters. The molecule has 1 aromatic heterocycles. The van der Waals surface area contributed by atoms with Crippen LogP contribution in [0, 0.1) is 5.92 Å². The molecule has 0 radical (unpaired) electrons. The largest absolute Gasteiger partial charge is 0.444 e. The lowest BCUT2D eigenvalue weighted by Crippen LogP contribution is -2.36. The van der Waals surface area contributed by atoms with Gasteiger partial charge in [0.2, 0.25) is 0 Å². The number of thiazole rings is 1. The first-order valence-corrected chi connectivity index (χ1v) is 9.18. The number of ether oxygens (including phenoxy) is 1. The molecule has 5 nitrogen and oxygen atoms in total. The van der Waals surface area contributed by atoms with Crippen LogP contribution in [0.4, 0.5) is 9.93 Å². The number of hydrogen-bond donors (Lipinski definition) is 0. The molecule has 1 amide bonds. The number of anilines is 1. The molecule has 0 aliphatic carbocycles. The third-order valence-electron chi connectivity index (χ3n) is 4.08. The lowest BCUT2D eigenvalue weighted by atomic mass is 10.1. The van der Waals surface area contributed by atoms with Crippen molar-refractivity contribution in [1.29, 1.82) is 0 Å². The van der Waals surface area contributed by atoms with E-state index in [9.17, 15) is 4.79 Å². The molecule has 3 rings (SSSR count). The molecule has 1 aromatic carbocycles. The van der Waals surface area contributed by atoms with Crippen molar-refractivity contribution in [2.24, 2.45) is 5.92 Å². The van der Waals surface area contributed by atoms with E-state index in [0.717, 1.165) is 36.7 Å². The molecule has 1 unspecified atom stereocenters. The number of benzene rings is 1. The van der Waals surface area contributed by atoms with Crippen molar-refractivity contribution in [3.8, 4) is 0 Å². The van der Waals surface area contributed by atoms with E-state index >= 15 is 0 Å². The van der Waals surface area contributed by atoms with Gasteiger partial charge >= 0.3 is 6.09 Å². The van der Waals surface area contributed by atoms with Crippen LogP contribution in [0.1, 0.15) is 27.2 Å². The highest BCUT2D eigenvalue weighted by atomic mass is 32.1. The van der Waals surface area contributed by atoms with Gasteiger partial charge < -0.3 is 14.5 Å². The van der Waals surface area contributed by atoms with Crippen LogP contribution in [0.3, 0.4) is 0 Å². The standard InChI is InChI=1S/C18H25N3O2S/c1-18(2,3)23-17(22)21-10-9-13(12-21)11-20(4)16-19-14-7-5-6-8-15(14)24-16/h5-8,13H,9-12H2,1-4H3. The van der Waals surface area contributed by atoms with Gasteiger partial charge in [-0.25, -0.2) is 9.78 Å². The number of carbonyl (C=O) groups excluding carboxylic acids is 1. The Kier molecular flexibility index (Phi) is 4.67. The fourth-order valence-electron chi connectivity index (χ4n) is 2.96. The van der Waals surface area contributed by atoms with Crippen molar-refractivity contribution in [3.63, 3.8) is 0 Å². The van der Waals surface area contributed by atoms with Crippen molar-refractivity contribution >= 4 is 32.8 Å². The Morgan fingerprint density at radius 2 is 2.17 bits per heavy atom. The van der Waals surface area contributed by atoms with Crippen molar-refractivity contribution in [2.45, 2.75) is 32.8 Å². The Bertz CT molecular complexity index is 689. The van der Waals surface area contributed by atoms with Gasteiger partial charge in [0.05, 0.1) is 10.2 Å². The molecule has 24 heavy (non-hydrogen) atoms. The summed E-state index contributed by atoms with van der Waals surface area (Å²) in [4.78, 5) is 20.9. The molecular formula is C18H25N3O2S. The highest BCUT2D eigenvalue weighted by molar-refractivity contribution is 7.22. The van der Waals surface area contributed by atoms with E-state index < -0.39 is 5.60 Å². The normalized spacial score (nSPS) is 18.2. The molecule has 130 valence electrons. The van der Waals surface area contributed by atoms with Crippen molar-refractivity contribution in [2.75, 3.05) is 31.6 Å². The Labute approximate surface area is 147 Å². The maximum Gasteiger partial charge on any atom is 0.410 e. The zero-order chi connectivity index (χ0) is 17.3. The van der Waals surface area contributed by atoms with E-state index in [4.69, 9.17) is 9.72 Å². The lowest BCUT2D eigenvalue weighted by Gasteiger charge is -2.25. The predicted molar refractivity (Wildman–Crippen MR) is 98.8 cm³/mol. The van der Waals surface area contributed by atoms with E-state index in [1.165, 1.54) is 4.70 Å². The molecule has 2 heterocycles. The molecule has 0 spiro atoms. The number of nitrogens with zero attached hydrogens (tertiary/aromatic N) is 3. The zero-order valence-electron chi connectivity index (χ0n) is 14.8. The summed E-state index contributed by atoms with van der Waals surface area (Å²) >= 11 is 1.71. The lowest BCUT2D eigenvalue weighted by molar-refractivity contribution is 0.0288. The number of hydrogen-bond acceptors (Lipinski definition) is 5. The Morgan fingerprint density at radius 1 is 1.42 bits per heavy atom. The molecule has 0 bridgehead atoms. The molecule has 1 aliphatic heterocycles. The number of aromatic nitrogens is 1. The van der Waals surface area contributed by atoms with Crippen LogP contribution in [0.25, 0.3) is 10.2 Å². The van der Waals surface area contributed by atoms with Crippen LogP contribution in [-0.2, 0) is 4.74 Å². The van der Waals surface area contributed by atoms with Gasteiger partial charge in [0.1, 0.15) is 5.60 Å². The number of likely N-dealkylation sites (tertiary alicyclic amines) is 1. The first-order chi connectivity index (χ1) is 11.3. The number of fused-ring (bicyclic) bond motifs is 1. The fraction of sp³-hybridized carbons (Fsp3) is 0.556. The molecule has 1 fully saturated rings. The average molecular weight is 347 g/mol. The molecular weight excluding hydrogens is 322 g/mol. The summed E-state index contributed by atoms with van der Waals surface area (Å²) in [6.45, 7) is 8.13. The van der Waals surface area contributed by atoms with Gasteiger partial charge in [0, 0.05) is 26.7 Å². The van der Waals surface area contributed by atoms with E-state index in [1.54, 1.807) is 11.3 Å². The van der Waals surface area contributed by atoms with E-state index in [2.05, 4.69) is 18.0 Å². The minimum atomic E-state index is -0.438. The number of rotatable bonds is 3. The second-order valence-electron chi connectivity index (χ2n) is 7.43. The highest BCUT2D eigenvalue weighted by Crippen LogP contribution is 2.29. The summed E-state index contributed by atoms with van der Waals surface area (Å²) in [6, 6.07) is 8.20. The summed E-state index contributed by atoms with van der Waals surface area (Å²) in [5.41, 5.74) is 0.610. The predicted octanol–water partition coefficient (Wildman–Crippen LogP) is 3.99. The van der Waals surface area contributed by atoms with Crippen LogP contribution in [0.15, 0.2) is 24.3 Å². The van der Waals surface area contributed by atoms with Crippen LogP contribution < -0.4 is 4.90 Å². The third kappa shape index (κ3) is 3.98. The maximum absolute atomic E-state index is 12.2. The Hall–Kier alpha value is -1.82. The number of amides is 1. The van der Waals surface area contributed by atoms with Gasteiger partial charge in [-0.05, 0) is 45.2 Å². The minimum Gasteiger partial charge on any atom is -0.444 e. The topological polar surface area (TPSA) is 45.7 Å². The molecule has 0 N–H and O–H groups in total. The molecule has 1 saturated heterocycles. The Balaban J connectivity index is 1.57. The number of carbonyl (C=O) groups is 1. The third-order valence-corrected chi connectivity index (χ3v) is 5.23. The monoisotopic (exact) mass is 347 g/mol. The van der Waals surface area contributed by atoms with Crippen molar-refractivity contribution in [1.82, 2.24) is 9.88 Å². The minimum absolute atomic E-state index is 0.201. The summed E-state index contributed by atoms with van der Waals surface area (Å²) in [7, 11) is 2.08. The quantitative estimate of drug-likeness (QED) is 0.842. The van der Waals surface area contributed by atoms with E-state index in [-0.39, 0.29) is 6.09 Å². The van der Waals surface area contributed by atoms with Gasteiger partial charge in [-0.3, -0.25) is 0 Å². The zero-order valence-corrected chi connectivity index (χ0v) is 15.6. The van der Waals surface area contributed by atoms with Crippen LogP contribution in [0.2, 0.25) is 0 Å². The Morgan fingerprint density at radius 3 is 2.88 bits per heavy atom. The van der Waals surface area contributed by atoms with Crippen LogP contribution >= 0.6 is 11.3 Å². The molecule has 2 aromatic rings. The van der Waals surface area contributed by atoms with E-state index in [0.29, 0.717) is 5.92 Å². The van der Waals surface area contributed by atoms with Crippen molar-refractivity contribution < 1.29 is 9.53 Å². The number of para-hydroxylation sites is 1. The summed E-state index contributed by atoms with van der Waals surface area (Å²) in [5.74, 6) is 0.453. The highest BCUT2D eigenvalue weighted by Gasteiger charge is 2.30. The summed E-state index contributed by atoms with van der Waals surface area (Å²) in [5, 5.41) is 1.03. The smallest absolute Gasteiger partial charge is 0.410 e. The fourth-order valence-corrected chi connectivity index (χ4v) is 3.90. The van der Waals surface area contributed by atoms with Gasteiger partial charge in [-0.1, -0.05) is 23.5 Å². The van der Waals surface area contributed by atoms with Gasteiger partial charge in [-0.15, -0.1) is 0 Å². The first kappa shape index (κ1) is 17.0. The molecule has 1 aliphatic rings. The van der Waals surface area contributed by atoms with Crippen LogP contribution in [0.5, 0.6) is 0 Å².